The highest BCUT2D eigenvalue weighted by Gasteiger charge is 2.18. The van der Waals surface area contributed by atoms with Crippen LogP contribution in [0, 0.1) is 0 Å². The van der Waals surface area contributed by atoms with Crippen LogP contribution in [-0.4, -0.2) is 25.2 Å². The molecule has 15 heavy (non-hydrogen) atoms. The van der Waals surface area contributed by atoms with Crippen molar-refractivity contribution < 1.29 is 9.53 Å². The zero-order valence-corrected chi connectivity index (χ0v) is 8.61. The van der Waals surface area contributed by atoms with Gasteiger partial charge in [-0.1, -0.05) is 30.3 Å². The number of ether oxygens (including phenoxy) is 1. The van der Waals surface area contributed by atoms with Gasteiger partial charge < -0.3 is 10.1 Å². The second kappa shape index (κ2) is 4.94. The Hall–Kier alpha value is -1.35. The Balaban J connectivity index is 1.82. The van der Waals surface area contributed by atoms with E-state index in [1.54, 1.807) is 0 Å². The average molecular weight is 205 g/mol. The van der Waals surface area contributed by atoms with Crippen molar-refractivity contribution in [3.63, 3.8) is 0 Å². The van der Waals surface area contributed by atoms with Crippen molar-refractivity contribution in [1.29, 1.82) is 0 Å². The van der Waals surface area contributed by atoms with Crippen LogP contribution in [0.5, 0.6) is 0 Å². The van der Waals surface area contributed by atoms with Crippen LogP contribution in [0.15, 0.2) is 30.3 Å². The fourth-order valence-corrected chi connectivity index (χ4v) is 1.72. The number of hydrogen-bond donors (Lipinski definition) is 1. The summed E-state index contributed by atoms with van der Waals surface area (Å²) in [4.78, 5) is 11.5. The molecule has 1 aliphatic heterocycles. The number of carbonyl (C=O) groups is 1. The molecule has 2 rings (SSSR count). The number of benzene rings is 1. The Bertz CT molecular complexity index is 318. The van der Waals surface area contributed by atoms with Crippen LogP contribution in [0.2, 0.25) is 0 Å². The molecule has 0 amide bonds. The average Bonchev–Trinajstić information content (AvgIpc) is 2.71. The number of nitrogens with one attached hydrogen (secondary N) is 1. The predicted octanol–water partition coefficient (Wildman–Crippen LogP) is 1.13. The summed E-state index contributed by atoms with van der Waals surface area (Å²) in [5.41, 5.74) is 1.01. The third kappa shape index (κ3) is 3.06. The normalized spacial score (nSPS) is 20.1. The van der Waals surface area contributed by atoms with Gasteiger partial charge in [-0.15, -0.1) is 0 Å². The summed E-state index contributed by atoms with van der Waals surface area (Å²) in [6, 6.07) is 9.68. The van der Waals surface area contributed by atoms with E-state index < -0.39 is 0 Å². The molecule has 1 heterocycles. The highest BCUT2D eigenvalue weighted by atomic mass is 16.5. The molecule has 0 aliphatic carbocycles. The van der Waals surface area contributed by atoms with E-state index >= 15 is 0 Å². The van der Waals surface area contributed by atoms with Crippen LogP contribution in [0.25, 0.3) is 0 Å². The molecular formula is C12H15NO2. The maximum absolute atomic E-state index is 11.5. The Morgan fingerprint density at radius 3 is 2.87 bits per heavy atom. The number of esters is 1. The smallest absolute Gasteiger partial charge is 0.310 e. The lowest BCUT2D eigenvalue weighted by molar-refractivity contribution is -0.147. The van der Waals surface area contributed by atoms with Gasteiger partial charge in [0, 0.05) is 6.54 Å². The van der Waals surface area contributed by atoms with Crippen molar-refractivity contribution >= 4 is 5.97 Å². The minimum Gasteiger partial charge on any atom is -0.461 e. The standard InChI is InChI=1S/C12H15NO2/c14-12(15-11-6-7-13-9-11)8-10-4-2-1-3-5-10/h1-5,11,13H,6-9H2/t11-/m0/s1. The van der Waals surface area contributed by atoms with Crippen molar-refractivity contribution in [2.24, 2.45) is 0 Å². The van der Waals surface area contributed by atoms with Crippen molar-refractivity contribution in [2.75, 3.05) is 13.1 Å². The molecule has 3 heteroatoms. The van der Waals surface area contributed by atoms with E-state index in [0.717, 1.165) is 25.1 Å². The first-order valence-corrected chi connectivity index (χ1v) is 5.29. The summed E-state index contributed by atoms with van der Waals surface area (Å²) in [6.07, 6.45) is 1.37. The lowest BCUT2D eigenvalue weighted by Gasteiger charge is -2.10. The van der Waals surface area contributed by atoms with E-state index in [4.69, 9.17) is 4.74 Å². The molecule has 1 aromatic carbocycles. The van der Waals surface area contributed by atoms with Gasteiger partial charge in [0.1, 0.15) is 6.10 Å². The van der Waals surface area contributed by atoms with Gasteiger partial charge in [0.25, 0.3) is 0 Å². The fourth-order valence-electron chi connectivity index (χ4n) is 1.72. The van der Waals surface area contributed by atoms with E-state index in [1.807, 2.05) is 30.3 Å². The lowest BCUT2D eigenvalue weighted by atomic mass is 10.1. The minimum absolute atomic E-state index is 0.0706. The summed E-state index contributed by atoms with van der Waals surface area (Å²) in [7, 11) is 0. The van der Waals surface area contributed by atoms with Gasteiger partial charge in [0.05, 0.1) is 6.42 Å². The monoisotopic (exact) mass is 205 g/mol. The summed E-state index contributed by atoms with van der Waals surface area (Å²) in [5, 5.41) is 3.16. The van der Waals surface area contributed by atoms with Crippen LogP contribution in [-0.2, 0) is 16.0 Å². The zero-order chi connectivity index (χ0) is 10.5. The van der Waals surface area contributed by atoms with Crippen LogP contribution in [0.4, 0.5) is 0 Å². The molecule has 0 radical (unpaired) electrons. The molecule has 1 N–H and O–H groups in total. The molecular weight excluding hydrogens is 190 g/mol. The third-order valence-electron chi connectivity index (χ3n) is 2.50. The van der Waals surface area contributed by atoms with Crippen LogP contribution < -0.4 is 5.32 Å². The maximum Gasteiger partial charge on any atom is 0.310 e. The molecule has 0 bridgehead atoms. The predicted molar refractivity (Wildman–Crippen MR) is 57.5 cm³/mol. The first-order chi connectivity index (χ1) is 7.34. The van der Waals surface area contributed by atoms with Gasteiger partial charge in [-0.25, -0.2) is 0 Å². The second-order valence-corrected chi connectivity index (χ2v) is 3.77. The molecule has 3 nitrogen and oxygen atoms in total. The molecule has 1 atom stereocenters. The summed E-state index contributed by atoms with van der Waals surface area (Å²) in [6.45, 7) is 1.74. The number of rotatable bonds is 3. The van der Waals surface area contributed by atoms with E-state index in [9.17, 15) is 4.79 Å². The van der Waals surface area contributed by atoms with Crippen molar-refractivity contribution in [1.82, 2.24) is 5.32 Å². The Kier molecular flexibility index (Phi) is 3.35. The van der Waals surface area contributed by atoms with Gasteiger partial charge in [-0.2, -0.15) is 0 Å². The van der Waals surface area contributed by atoms with Crippen LogP contribution in [0.1, 0.15) is 12.0 Å². The van der Waals surface area contributed by atoms with E-state index in [0.29, 0.717) is 6.42 Å². The first-order valence-electron chi connectivity index (χ1n) is 5.29. The molecule has 80 valence electrons. The molecule has 1 aromatic rings. The minimum atomic E-state index is -0.130. The largest absolute Gasteiger partial charge is 0.461 e. The zero-order valence-electron chi connectivity index (χ0n) is 8.61. The van der Waals surface area contributed by atoms with Gasteiger partial charge in [-0.3, -0.25) is 4.79 Å². The summed E-state index contributed by atoms with van der Waals surface area (Å²) >= 11 is 0. The molecule has 0 saturated carbocycles. The molecule has 1 saturated heterocycles. The van der Waals surface area contributed by atoms with Crippen molar-refractivity contribution in [2.45, 2.75) is 18.9 Å². The number of hydrogen-bond acceptors (Lipinski definition) is 3. The fraction of sp³-hybridized carbons (Fsp3) is 0.417. The molecule has 1 fully saturated rings. The van der Waals surface area contributed by atoms with Gasteiger partial charge in [-0.05, 0) is 18.5 Å². The molecule has 0 unspecified atom stereocenters. The summed E-state index contributed by atoms with van der Waals surface area (Å²) in [5.74, 6) is -0.130. The third-order valence-corrected chi connectivity index (χ3v) is 2.50. The molecule has 0 spiro atoms. The van der Waals surface area contributed by atoms with Crippen LogP contribution >= 0.6 is 0 Å². The van der Waals surface area contributed by atoms with Gasteiger partial charge >= 0.3 is 5.97 Å². The topological polar surface area (TPSA) is 38.3 Å². The Morgan fingerprint density at radius 2 is 2.20 bits per heavy atom. The maximum atomic E-state index is 11.5. The Labute approximate surface area is 89.4 Å². The van der Waals surface area contributed by atoms with Gasteiger partial charge in [0.15, 0.2) is 0 Å². The lowest BCUT2D eigenvalue weighted by Crippen LogP contribution is -2.21. The quantitative estimate of drug-likeness (QED) is 0.752. The molecule has 0 aromatic heterocycles. The highest BCUT2D eigenvalue weighted by Crippen LogP contribution is 2.06. The SMILES string of the molecule is O=C(Cc1ccccc1)O[C@H]1CCNC1. The Morgan fingerprint density at radius 1 is 1.40 bits per heavy atom. The number of carbonyl (C=O) groups excluding carboxylic acids is 1. The van der Waals surface area contributed by atoms with Crippen molar-refractivity contribution in [3.05, 3.63) is 35.9 Å². The molecule has 1 aliphatic rings. The highest BCUT2D eigenvalue weighted by molar-refractivity contribution is 5.72. The summed E-state index contributed by atoms with van der Waals surface area (Å²) < 4.78 is 5.31. The van der Waals surface area contributed by atoms with E-state index in [2.05, 4.69) is 5.32 Å². The van der Waals surface area contributed by atoms with Gasteiger partial charge in [0.2, 0.25) is 0 Å². The van der Waals surface area contributed by atoms with E-state index in [1.165, 1.54) is 0 Å². The van der Waals surface area contributed by atoms with Crippen LogP contribution in [0.3, 0.4) is 0 Å². The second-order valence-electron chi connectivity index (χ2n) is 3.77. The van der Waals surface area contributed by atoms with Crippen molar-refractivity contribution in [3.8, 4) is 0 Å². The van der Waals surface area contributed by atoms with E-state index in [-0.39, 0.29) is 12.1 Å². The first kappa shape index (κ1) is 10.2.